The van der Waals surface area contributed by atoms with Gasteiger partial charge in [-0.2, -0.15) is 0 Å². The molecule has 6 heteroatoms. The Morgan fingerprint density at radius 1 is 1.00 bits per heavy atom. The van der Waals surface area contributed by atoms with Crippen LogP contribution in [0.4, 0.5) is 0 Å². The van der Waals surface area contributed by atoms with E-state index < -0.39 is 5.97 Å². The first-order valence-corrected chi connectivity index (χ1v) is 10.7. The van der Waals surface area contributed by atoms with Crippen LogP contribution >= 0.6 is 0 Å². The van der Waals surface area contributed by atoms with Gasteiger partial charge in [0, 0.05) is 23.6 Å². The lowest BCUT2D eigenvalue weighted by atomic mass is 10.0. The summed E-state index contributed by atoms with van der Waals surface area (Å²) >= 11 is 0. The number of aromatic nitrogens is 1. The molecule has 1 aliphatic rings. The minimum Gasteiger partial charge on any atom is -0.497 e. The predicted octanol–water partition coefficient (Wildman–Crippen LogP) is 4.58. The second-order valence-corrected chi connectivity index (χ2v) is 7.90. The first-order chi connectivity index (χ1) is 15.1. The van der Waals surface area contributed by atoms with Gasteiger partial charge in [-0.05, 0) is 36.6 Å². The molecule has 4 rings (SSSR count). The fraction of sp³-hybridized carbons (Fsp3) is 0.360. The molecule has 1 atom stereocenters. The number of fused-ring (bicyclic) bond motifs is 1. The molecule has 0 aliphatic carbocycles. The molecule has 6 nitrogen and oxygen atoms in total. The zero-order valence-corrected chi connectivity index (χ0v) is 18.0. The van der Waals surface area contributed by atoms with E-state index in [9.17, 15) is 9.59 Å². The highest BCUT2D eigenvalue weighted by atomic mass is 16.5. The molecule has 0 saturated carbocycles. The number of nitrogens with zero attached hydrogens (tertiary/aromatic N) is 2. The van der Waals surface area contributed by atoms with Crippen LogP contribution in [0.25, 0.3) is 10.9 Å². The van der Waals surface area contributed by atoms with Crippen LogP contribution in [-0.4, -0.2) is 42.1 Å². The van der Waals surface area contributed by atoms with Crippen molar-refractivity contribution in [2.24, 2.45) is 0 Å². The van der Waals surface area contributed by atoms with Crippen LogP contribution in [0.15, 0.2) is 54.7 Å². The number of para-hydroxylation sites is 1. The van der Waals surface area contributed by atoms with Crippen LogP contribution in [0.5, 0.6) is 5.75 Å². The molecule has 1 unspecified atom stereocenters. The second kappa shape index (κ2) is 9.25. The molecule has 2 heterocycles. The summed E-state index contributed by atoms with van der Waals surface area (Å²) in [4.78, 5) is 27.7. The van der Waals surface area contributed by atoms with E-state index in [-0.39, 0.29) is 18.5 Å². The lowest BCUT2D eigenvalue weighted by Gasteiger charge is -2.31. The molecule has 31 heavy (non-hydrogen) atoms. The lowest BCUT2D eigenvalue weighted by Crippen LogP contribution is -2.37. The van der Waals surface area contributed by atoms with Gasteiger partial charge in [-0.25, -0.2) is 4.79 Å². The van der Waals surface area contributed by atoms with Gasteiger partial charge in [0.15, 0.2) is 0 Å². The van der Waals surface area contributed by atoms with Gasteiger partial charge in [0.1, 0.15) is 12.3 Å². The SMILES string of the molecule is COC(=O)c1cn(CC(=O)N2CCCCCC2c2ccc(OC)cc2)c2ccccc12. The van der Waals surface area contributed by atoms with Gasteiger partial charge in [-0.1, -0.05) is 43.2 Å². The number of amides is 1. The van der Waals surface area contributed by atoms with E-state index in [2.05, 4.69) is 12.1 Å². The van der Waals surface area contributed by atoms with Gasteiger partial charge in [0.2, 0.25) is 5.91 Å². The summed E-state index contributed by atoms with van der Waals surface area (Å²) < 4.78 is 12.1. The number of rotatable bonds is 5. The third-order valence-corrected chi connectivity index (χ3v) is 6.07. The van der Waals surface area contributed by atoms with Crippen LogP contribution in [0.1, 0.15) is 47.6 Å². The second-order valence-electron chi connectivity index (χ2n) is 7.90. The van der Waals surface area contributed by atoms with Crippen molar-refractivity contribution >= 4 is 22.8 Å². The Morgan fingerprint density at radius 2 is 1.77 bits per heavy atom. The molecule has 0 bridgehead atoms. The first kappa shape index (κ1) is 21.0. The average Bonchev–Trinajstić information content (AvgIpc) is 2.99. The summed E-state index contributed by atoms with van der Waals surface area (Å²) in [7, 11) is 3.02. The van der Waals surface area contributed by atoms with Crippen LogP contribution < -0.4 is 4.74 Å². The van der Waals surface area contributed by atoms with E-state index in [1.807, 2.05) is 45.9 Å². The maximum Gasteiger partial charge on any atom is 0.340 e. The number of carbonyl (C=O) groups is 2. The highest BCUT2D eigenvalue weighted by molar-refractivity contribution is 6.04. The maximum absolute atomic E-state index is 13.5. The molecular formula is C25H28N2O4. The Balaban J connectivity index is 1.63. The van der Waals surface area contributed by atoms with Gasteiger partial charge in [0.25, 0.3) is 0 Å². The smallest absolute Gasteiger partial charge is 0.340 e. The van der Waals surface area contributed by atoms with E-state index in [1.165, 1.54) is 7.11 Å². The highest BCUT2D eigenvalue weighted by Gasteiger charge is 2.27. The summed E-state index contributed by atoms with van der Waals surface area (Å²) in [5, 5.41) is 0.796. The number of benzene rings is 2. The molecule has 162 valence electrons. The van der Waals surface area contributed by atoms with Crippen LogP contribution in [0.3, 0.4) is 0 Å². The van der Waals surface area contributed by atoms with Crippen molar-refractivity contribution in [1.29, 1.82) is 0 Å². The molecule has 3 aromatic rings. The first-order valence-electron chi connectivity index (χ1n) is 10.7. The largest absolute Gasteiger partial charge is 0.497 e. The summed E-state index contributed by atoms with van der Waals surface area (Å²) in [6.45, 7) is 0.919. The molecule has 2 aromatic carbocycles. The molecule has 0 spiro atoms. The number of hydrogen-bond acceptors (Lipinski definition) is 4. The van der Waals surface area contributed by atoms with Gasteiger partial charge >= 0.3 is 5.97 Å². The minimum absolute atomic E-state index is 0.0443. The van der Waals surface area contributed by atoms with Crippen molar-refractivity contribution < 1.29 is 19.1 Å². The molecule has 1 amide bonds. The fourth-order valence-corrected chi connectivity index (χ4v) is 4.47. The fourth-order valence-electron chi connectivity index (χ4n) is 4.47. The molecule has 1 aliphatic heterocycles. The zero-order chi connectivity index (χ0) is 21.8. The Labute approximate surface area is 182 Å². The highest BCUT2D eigenvalue weighted by Crippen LogP contribution is 2.32. The summed E-state index contributed by atoms with van der Waals surface area (Å²) in [5.41, 5.74) is 2.46. The van der Waals surface area contributed by atoms with E-state index in [0.717, 1.165) is 54.4 Å². The van der Waals surface area contributed by atoms with Crippen LogP contribution in [-0.2, 0) is 16.1 Å². The van der Waals surface area contributed by atoms with E-state index >= 15 is 0 Å². The summed E-state index contributed by atoms with van der Waals surface area (Å²) in [5.74, 6) is 0.470. The maximum atomic E-state index is 13.5. The third kappa shape index (κ3) is 4.29. The molecule has 1 aromatic heterocycles. The average molecular weight is 421 g/mol. The van der Waals surface area contributed by atoms with E-state index in [1.54, 1.807) is 13.3 Å². The van der Waals surface area contributed by atoms with E-state index in [0.29, 0.717) is 5.56 Å². The molecule has 0 N–H and O–H groups in total. The molecule has 1 saturated heterocycles. The van der Waals surface area contributed by atoms with Crippen molar-refractivity contribution in [3.05, 3.63) is 65.9 Å². The van der Waals surface area contributed by atoms with Crippen molar-refractivity contribution in [3.8, 4) is 5.75 Å². The Hall–Kier alpha value is -3.28. The number of hydrogen-bond donors (Lipinski definition) is 0. The zero-order valence-electron chi connectivity index (χ0n) is 18.0. The van der Waals surface area contributed by atoms with Gasteiger partial charge in [0.05, 0.1) is 25.8 Å². The summed E-state index contributed by atoms with van der Waals surface area (Å²) in [6, 6.07) is 15.7. The van der Waals surface area contributed by atoms with Crippen molar-refractivity contribution in [2.45, 2.75) is 38.3 Å². The topological polar surface area (TPSA) is 60.8 Å². The van der Waals surface area contributed by atoms with Gasteiger partial charge in [-0.15, -0.1) is 0 Å². The number of likely N-dealkylation sites (tertiary alicyclic amines) is 1. The standard InChI is InChI=1S/C25H28N2O4/c1-30-19-13-11-18(12-14-19)22-9-4-3-7-15-27(22)24(28)17-26-16-21(25(29)31-2)20-8-5-6-10-23(20)26/h5-6,8,10-14,16,22H,3-4,7,9,15,17H2,1-2H3. The molecule has 1 fully saturated rings. The molecular weight excluding hydrogens is 392 g/mol. The number of carbonyl (C=O) groups excluding carboxylic acids is 2. The number of methoxy groups -OCH3 is 2. The Bertz CT molecular complexity index is 1070. The van der Waals surface area contributed by atoms with Crippen LogP contribution in [0.2, 0.25) is 0 Å². The normalized spacial score (nSPS) is 16.7. The molecule has 0 radical (unpaired) electrons. The predicted molar refractivity (Wildman–Crippen MR) is 119 cm³/mol. The van der Waals surface area contributed by atoms with Gasteiger partial charge < -0.3 is 18.9 Å². The van der Waals surface area contributed by atoms with Gasteiger partial charge in [-0.3, -0.25) is 4.79 Å². The third-order valence-electron chi connectivity index (χ3n) is 6.07. The minimum atomic E-state index is -0.395. The quantitative estimate of drug-likeness (QED) is 0.567. The summed E-state index contributed by atoms with van der Waals surface area (Å²) in [6.07, 6.45) is 5.89. The van der Waals surface area contributed by atoms with Crippen LogP contribution in [0, 0.1) is 0 Å². The van der Waals surface area contributed by atoms with Crippen molar-refractivity contribution in [3.63, 3.8) is 0 Å². The Kier molecular flexibility index (Phi) is 6.26. The number of esters is 1. The Morgan fingerprint density at radius 3 is 2.52 bits per heavy atom. The van der Waals surface area contributed by atoms with Crippen molar-refractivity contribution in [2.75, 3.05) is 20.8 Å². The van der Waals surface area contributed by atoms with Crippen molar-refractivity contribution in [1.82, 2.24) is 9.47 Å². The van der Waals surface area contributed by atoms with E-state index in [4.69, 9.17) is 9.47 Å². The monoisotopic (exact) mass is 420 g/mol. The number of ether oxygens (including phenoxy) is 2. The lowest BCUT2D eigenvalue weighted by molar-refractivity contribution is -0.134.